The molecule has 4 rings (SSSR count). The van der Waals surface area contributed by atoms with Gasteiger partial charge in [0.15, 0.2) is 0 Å². The van der Waals surface area contributed by atoms with Gasteiger partial charge in [-0.2, -0.15) is 0 Å². The van der Waals surface area contributed by atoms with Crippen molar-refractivity contribution in [2.75, 3.05) is 26.2 Å². The van der Waals surface area contributed by atoms with Crippen molar-refractivity contribution in [3.63, 3.8) is 0 Å². The van der Waals surface area contributed by atoms with Crippen LogP contribution in [-0.2, 0) is 9.59 Å². The molecule has 3 saturated heterocycles. The summed E-state index contributed by atoms with van der Waals surface area (Å²) >= 11 is 0. The lowest BCUT2D eigenvalue weighted by atomic mass is 9.76. The van der Waals surface area contributed by atoms with E-state index < -0.39 is 0 Å². The fourth-order valence-electron chi connectivity index (χ4n) is 5.74. The third kappa shape index (κ3) is 4.02. The molecule has 4 aliphatic rings. The van der Waals surface area contributed by atoms with Gasteiger partial charge >= 0.3 is 0 Å². The van der Waals surface area contributed by atoms with E-state index in [0.29, 0.717) is 36.4 Å². The summed E-state index contributed by atoms with van der Waals surface area (Å²) in [7, 11) is 0. The zero-order chi connectivity index (χ0) is 17.2. The molecule has 0 spiro atoms. The Kier molecular flexibility index (Phi) is 5.30. The van der Waals surface area contributed by atoms with Crippen LogP contribution in [0.2, 0.25) is 0 Å². The quantitative estimate of drug-likeness (QED) is 0.796. The summed E-state index contributed by atoms with van der Waals surface area (Å²) in [6.07, 6.45) is 11.6. The summed E-state index contributed by atoms with van der Waals surface area (Å²) in [5, 5.41) is 3.29. The summed E-state index contributed by atoms with van der Waals surface area (Å²) in [4.78, 5) is 29.3. The molecule has 25 heavy (non-hydrogen) atoms. The Labute approximate surface area is 151 Å². The number of nitrogens with zero attached hydrogens (tertiary/aromatic N) is 2. The molecule has 0 radical (unpaired) electrons. The van der Waals surface area contributed by atoms with E-state index in [1.54, 1.807) is 0 Å². The van der Waals surface area contributed by atoms with Crippen LogP contribution in [0.4, 0.5) is 0 Å². The summed E-state index contributed by atoms with van der Waals surface area (Å²) in [5.41, 5.74) is 0. The maximum Gasteiger partial charge on any atom is 0.234 e. The van der Waals surface area contributed by atoms with Crippen molar-refractivity contribution < 1.29 is 9.59 Å². The maximum atomic E-state index is 12.5. The smallest absolute Gasteiger partial charge is 0.234 e. The van der Waals surface area contributed by atoms with Gasteiger partial charge in [0.1, 0.15) is 0 Å². The van der Waals surface area contributed by atoms with E-state index in [1.165, 1.54) is 32.1 Å². The molecular weight excluding hydrogens is 314 g/mol. The molecule has 0 aromatic rings. The van der Waals surface area contributed by atoms with Gasteiger partial charge in [0.2, 0.25) is 11.8 Å². The van der Waals surface area contributed by atoms with Gasteiger partial charge in [-0.25, -0.2) is 0 Å². The van der Waals surface area contributed by atoms with Gasteiger partial charge in [0.25, 0.3) is 0 Å². The molecule has 5 nitrogen and oxygen atoms in total. The van der Waals surface area contributed by atoms with Gasteiger partial charge in [0.05, 0.1) is 6.54 Å². The van der Waals surface area contributed by atoms with Crippen molar-refractivity contribution in [2.24, 2.45) is 11.8 Å². The van der Waals surface area contributed by atoms with Gasteiger partial charge in [-0.15, -0.1) is 0 Å². The SMILES string of the molecule is O=C(CN1C[C@H]2C[C@H](C1)[C@H]1CCCC(=O)N1C2)NC1CCCCCC1. The average Bonchev–Trinajstić information content (AvgIpc) is 2.84. The molecule has 3 heterocycles. The predicted molar refractivity (Wildman–Crippen MR) is 97.0 cm³/mol. The molecule has 1 saturated carbocycles. The van der Waals surface area contributed by atoms with E-state index in [2.05, 4.69) is 15.1 Å². The maximum absolute atomic E-state index is 12.5. The molecule has 1 aliphatic carbocycles. The first-order valence-electron chi connectivity index (χ1n) is 10.5. The van der Waals surface area contributed by atoms with Crippen LogP contribution >= 0.6 is 0 Å². The normalized spacial score (nSPS) is 34.3. The lowest BCUT2D eigenvalue weighted by molar-refractivity contribution is -0.145. The molecule has 0 unspecified atom stereocenters. The van der Waals surface area contributed by atoms with Crippen LogP contribution in [0, 0.1) is 11.8 Å². The van der Waals surface area contributed by atoms with Crippen LogP contribution in [-0.4, -0.2) is 59.9 Å². The van der Waals surface area contributed by atoms with Crippen LogP contribution in [0.1, 0.15) is 64.2 Å². The van der Waals surface area contributed by atoms with Crippen LogP contribution in [0.15, 0.2) is 0 Å². The number of carbonyl (C=O) groups is 2. The topological polar surface area (TPSA) is 52.7 Å². The van der Waals surface area contributed by atoms with Gasteiger partial charge in [-0.3, -0.25) is 14.5 Å². The number of hydrogen-bond donors (Lipinski definition) is 1. The summed E-state index contributed by atoms with van der Waals surface area (Å²) in [6, 6.07) is 0.830. The minimum absolute atomic E-state index is 0.212. The van der Waals surface area contributed by atoms with Crippen LogP contribution in [0.25, 0.3) is 0 Å². The molecule has 2 amide bonds. The van der Waals surface area contributed by atoms with Crippen LogP contribution in [0.5, 0.6) is 0 Å². The molecule has 0 aromatic carbocycles. The first kappa shape index (κ1) is 17.3. The van der Waals surface area contributed by atoms with Crippen molar-refractivity contribution >= 4 is 11.8 Å². The predicted octanol–water partition coefficient (Wildman–Crippen LogP) is 2.16. The van der Waals surface area contributed by atoms with Crippen molar-refractivity contribution in [3.05, 3.63) is 0 Å². The summed E-state index contributed by atoms with van der Waals surface area (Å²) in [6.45, 7) is 3.43. The highest BCUT2D eigenvalue weighted by atomic mass is 16.2. The lowest BCUT2D eigenvalue weighted by Crippen LogP contribution is -2.61. The van der Waals surface area contributed by atoms with Crippen molar-refractivity contribution in [1.29, 1.82) is 0 Å². The highest BCUT2D eigenvalue weighted by Crippen LogP contribution is 2.37. The third-order valence-corrected chi connectivity index (χ3v) is 6.84. The number of hydrogen-bond acceptors (Lipinski definition) is 3. The zero-order valence-electron chi connectivity index (χ0n) is 15.4. The second-order valence-corrected chi connectivity index (χ2v) is 8.82. The number of rotatable bonds is 3. The van der Waals surface area contributed by atoms with E-state index in [-0.39, 0.29) is 5.91 Å². The fraction of sp³-hybridized carbons (Fsp3) is 0.900. The summed E-state index contributed by atoms with van der Waals surface area (Å²) in [5.74, 6) is 1.71. The molecular formula is C20H33N3O2. The fourth-order valence-corrected chi connectivity index (χ4v) is 5.74. The Morgan fingerprint density at radius 1 is 1.00 bits per heavy atom. The van der Waals surface area contributed by atoms with E-state index in [0.717, 1.165) is 51.7 Å². The van der Waals surface area contributed by atoms with Crippen molar-refractivity contribution in [3.8, 4) is 0 Å². The number of amides is 2. The molecule has 4 fully saturated rings. The number of carbonyl (C=O) groups excluding carboxylic acids is 2. The second-order valence-electron chi connectivity index (χ2n) is 8.82. The molecule has 5 heteroatoms. The van der Waals surface area contributed by atoms with Gasteiger partial charge in [0, 0.05) is 38.1 Å². The highest BCUT2D eigenvalue weighted by Gasteiger charge is 2.44. The minimum Gasteiger partial charge on any atom is -0.352 e. The van der Waals surface area contributed by atoms with E-state index in [9.17, 15) is 9.59 Å². The Morgan fingerprint density at radius 3 is 2.60 bits per heavy atom. The molecule has 3 atom stereocenters. The Balaban J connectivity index is 1.31. The Hall–Kier alpha value is -1.10. The number of piperidine rings is 3. The second kappa shape index (κ2) is 7.65. The molecule has 0 aromatic heterocycles. The Morgan fingerprint density at radius 2 is 1.80 bits per heavy atom. The van der Waals surface area contributed by atoms with Crippen LogP contribution < -0.4 is 5.32 Å². The lowest BCUT2D eigenvalue weighted by Gasteiger charge is -2.52. The molecule has 2 bridgehead atoms. The summed E-state index contributed by atoms with van der Waals surface area (Å²) < 4.78 is 0. The number of fused-ring (bicyclic) bond motifs is 4. The largest absolute Gasteiger partial charge is 0.352 e. The molecule has 3 aliphatic heterocycles. The third-order valence-electron chi connectivity index (χ3n) is 6.84. The Bertz CT molecular complexity index is 501. The van der Waals surface area contributed by atoms with E-state index >= 15 is 0 Å². The monoisotopic (exact) mass is 347 g/mol. The van der Waals surface area contributed by atoms with Gasteiger partial charge < -0.3 is 10.2 Å². The molecule has 1 N–H and O–H groups in total. The number of likely N-dealkylation sites (tertiary alicyclic amines) is 1. The van der Waals surface area contributed by atoms with Gasteiger partial charge in [-0.05, 0) is 43.9 Å². The minimum atomic E-state index is 0.212. The first-order chi connectivity index (χ1) is 12.2. The van der Waals surface area contributed by atoms with E-state index in [4.69, 9.17) is 0 Å². The highest BCUT2D eigenvalue weighted by molar-refractivity contribution is 5.78. The first-order valence-corrected chi connectivity index (χ1v) is 10.5. The molecule has 140 valence electrons. The van der Waals surface area contributed by atoms with Crippen molar-refractivity contribution in [1.82, 2.24) is 15.1 Å². The number of nitrogens with one attached hydrogen (secondary N) is 1. The van der Waals surface area contributed by atoms with Crippen LogP contribution in [0.3, 0.4) is 0 Å². The van der Waals surface area contributed by atoms with Crippen molar-refractivity contribution in [2.45, 2.75) is 76.3 Å². The average molecular weight is 348 g/mol. The van der Waals surface area contributed by atoms with E-state index in [1.807, 2.05) is 0 Å². The standard InChI is InChI=1S/C20H33N3O2/c24-19(21-17-6-3-1-2-4-7-17)14-22-11-15-10-16(13-22)18-8-5-9-20(25)23(18)12-15/h15-18H,1-14H2,(H,21,24)/t15-,16-,18-/m1/s1. The zero-order valence-corrected chi connectivity index (χ0v) is 15.4. The van der Waals surface area contributed by atoms with Gasteiger partial charge in [-0.1, -0.05) is 25.7 Å².